The van der Waals surface area contributed by atoms with Crippen LogP contribution in [0, 0.1) is 0 Å². The quantitative estimate of drug-likeness (QED) is 0.113. The second kappa shape index (κ2) is 12.8. The highest BCUT2D eigenvalue weighted by molar-refractivity contribution is 6.31. The molecule has 0 saturated heterocycles. The number of para-hydroxylation sites is 1. The molecule has 6 aromatic rings. The summed E-state index contributed by atoms with van der Waals surface area (Å²) >= 11 is 12.2. The highest BCUT2D eigenvalue weighted by Gasteiger charge is 2.18. The molecule has 0 radical (unpaired) electrons. The zero-order chi connectivity index (χ0) is 30.6. The summed E-state index contributed by atoms with van der Waals surface area (Å²) in [6.45, 7) is 6.59. The van der Waals surface area contributed by atoms with Crippen LogP contribution < -0.4 is 15.0 Å². The van der Waals surface area contributed by atoms with Crippen molar-refractivity contribution in [3.05, 3.63) is 135 Å². The van der Waals surface area contributed by atoms with Crippen molar-refractivity contribution in [2.24, 2.45) is 5.10 Å². The maximum absolute atomic E-state index is 13.7. The van der Waals surface area contributed by atoms with Crippen LogP contribution in [0.3, 0.4) is 0 Å². The Balaban J connectivity index is 1.43. The van der Waals surface area contributed by atoms with Crippen LogP contribution in [0.15, 0.2) is 112 Å². The molecule has 220 valence electrons. The molecule has 6 rings (SSSR count). The molecule has 0 N–H and O–H groups in total. The van der Waals surface area contributed by atoms with Gasteiger partial charge in [-0.25, -0.2) is 4.98 Å². The molecule has 0 bridgehead atoms. The molecule has 0 fully saturated rings. The van der Waals surface area contributed by atoms with E-state index in [2.05, 4.69) is 11.7 Å². The van der Waals surface area contributed by atoms with Crippen molar-refractivity contribution in [2.45, 2.75) is 20.0 Å². The van der Waals surface area contributed by atoms with Crippen molar-refractivity contribution in [1.82, 2.24) is 9.66 Å². The fourth-order valence-electron chi connectivity index (χ4n) is 4.87. The number of aromatic nitrogens is 2. The summed E-state index contributed by atoms with van der Waals surface area (Å²) < 4.78 is 19.6. The SMILES string of the molecule is C=CCc1cc(C=Nn2c(-c3cc4cc(Cl)ccc4o3)nc3ccccc3c2=O)cc(OCC)c1OCc1ccc(Cl)cc1. The molecule has 44 heavy (non-hydrogen) atoms. The van der Waals surface area contributed by atoms with Crippen molar-refractivity contribution in [3.63, 3.8) is 0 Å². The minimum Gasteiger partial charge on any atom is -0.490 e. The minimum atomic E-state index is -0.334. The molecular formula is C35H27Cl2N3O4. The van der Waals surface area contributed by atoms with Crippen LogP contribution in [0.2, 0.25) is 10.0 Å². The molecule has 2 aromatic heterocycles. The molecule has 0 aliphatic carbocycles. The number of ether oxygens (including phenoxy) is 2. The van der Waals surface area contributed by atoms with Crippen LogP contribution in [0.4, 0.5) is 0 Å². The highest BCUT2D eigenvalue weighted by Crippen LogP contribution is 2.35. The summed E-state index contributed by atoms with van der Waals surface area (Å²) in [7, 11) is 0. The topological polar surface area (TPSA) is 78.9 Å². The lowest BCUT2D eigenvalue weighted by molar-refractivity contribution is 0.267. The number of halogens is 2. The van der Waals surface area contributed by atoms with Gasteiger partial charge in [0, 0.05) is 21.0 Å². The van der Waals surface area contributed by atoms with Crippen LogP contribution in [-0.2, 0) is 13.0 Å². The Labute approximate surface area is 263 Å². The van der Waals surface area contributed by atoms with Gasteiger partial charge in [0.1, 0.15) is 12.2 Å². The van der Waals surface area contributed by atoms with Crippen molar-refractivity contribution >= 4 is 51.3 Å². The van der Waals surface area contributed by atoms with Crippen LogP contribution in [0.25, 0.3) is 33.5 Å². The standard InChI is InChI=1S/C35H27Cl2N3O4/c1-3-7-24-16-23(17-31(42-4-2)33(24)43-21-22-10-12-26(36)13-11-22)20-38-40-34(39-29-9-6-5-8-28(29)35(40)41)32-19-25-18-27(37)14-15-30(25)44-32/h3,5-6,8-20H,1,4,7,21H2,2H3. The van der Waals surface area contributed by atoms with E-state index in [9.17, 15) is 4.79 Å². The number of furan rings is 1. The number of allylic oxidation sites excluding steroid dienone is 1. The summed E-state index contributed by atoms with van der Waals surface area (Å²) in [5, 5.41) is 7.08. The average molecular weight is 625 g/mol. The van der Waals surface area contributed by atoms with E-state index in [1.165, 1.54) is 4.68 Å². The number of hydrogen-bond acceptors (Lipinski definition) is 6. The molecule has 0 spiro atoms. The fourth-order valence-corrected chi connectivity index (χ4v) is 5.17. The number of benzene rings is 4. The summed E-state index contributed by atoms with van der Waals surface area (Å²) in [6.07, 6.45) is 3.92. The van der Waals surface area contributed by atoms with Gasteiger partial charge in [0.05, 0.1) is 23.7 Å². The van der Waals surface area contributed by atoms with E-state index in [-0.39, 0.29) is 11.4 Å². The highest BCUT2D eigenvalue weighted by atomic mass is 35.5. The predicted octanol–water partition coefficient (Wildman–Crippen LogP) is 8.70. The first-order valence-corrected chi connectivity index (χ1v) is 14.7. The van der Waals surface area contributed by atoms with Gasteiger partial charge in [-0.2, -0.15) is 9.78 Å². The number of hydrogen-bond donors (Lipinski definition) is 0. The largest absolute Gasteiger partial charge is 0.490 e. The molecular weight excluding hydrogens is 597 g/mol. The van der Waals surface area contributed by atoms with Gasteiger partial charge in [-0.3, -0.25) is 4.79 Å². The monoisotopic (exact) mass is 623 g/mol. The third-order valence-electron chi connectivity index (χ3n) is 6.89. The molecule has 2 heterocycles. The van der Waals surface area contributed by atoms with Crippen LogP contribution in [-0.4, -0.2) is 22.5 Å². The molecule has 0 aliphatic heterocycles. The van der Waals surface area contributed by atoms with E-state index in [0.29, 0.717) is 69.0 Å². The number of nitrogens with zero attached hydrogens (tertiary/aromatic N) is 3. The van der Waals surface area contributed by atoms with E-state index in [0.717, 1.165) is 16.5 Å². The lowest BCUT2D eigenvalue weighted by Crippen LogP contribution is -2.20. The van der Waals surface area contributed by atoms with Gasteiger partial charge in [0.15, 0.2) is 17.3 Å². The zero-order valence-electron chi connectivity index (χ0n) is 23.8. The molecule has 7 nitrogen and oxygen atoms in total. The smallest absolute Gasteiger partial charge is 0.282 e. The molecule has 0 saturated carbocycles. The normalized spacial score (nSPS) is 11.4. The second-order valence-corrected chi connectivity index (χ2v) is 10.8. The fraction of sp³-hybridized carbons (Fsp3) is 0.114. The summed E-state index contributed by atoms with van der Waals surface area (Å²) in [5.74, 6) is 1.82. The van der Waals surface area contributed by atoms with Gasteiger partial charge in [-0.15, -0.1) is 6.58 Å². The van der Waals surface area contributed by atoms with E-state index in [1.807, 2.05) is 49.4 Å². The molecule has 0 unspecified atom stereocenters. The first kappa shape index (κ1) is 29.2. The molecule has 9 heteroatoms. The van der Waals surface area contributed by atoms with Crippen LogP contribution in [0.1, 0.15) is 23.6 Å². The molecule has 0 aliphatic rings. The lowest BCUT2D eigenvalue weighted by Gasteiger charge is -2.17. The first-order chi connectivity index (χ1) is 21.4. The second-order valence-electron chi connectivity index (χ2n) is 9.96. The summed E-state index contributed by atoms with van der Waals surface area (Å²) in [6, 6.07) is 25.5. The first-order valence-electron chi connectivity index (χ1n) is 14.0. The zero-order valence-corrected chi connectivity index (χ0v) is 25.3. The maximum atomic E-state index is 13.7. The van der Waals surface area contributed by atoms with Gasteiger partial charge in [-0.1, -0.05) is 53.5 Å². The predicted molar refractivity (Wildman–Crippen MR) is 177 cm³/mol. The lowest BCUT2D eigenvalue weighted by atomic mass is 10.1. The van der Waals surface area contributed by atoms with E-state index in [4.69, 9.17) is 42.1 Å². The number of rotatable bonds is 10. The summed E-state index contributed by atoms with van der Waals surface area (Å²) in [4.78, 5) is 18.5. The Bertz CT molecular complexity index is 2080. The van der Waals surface area contributed by atoms with Crippen molar-refractivity contribution in [2.75, 3.05) is 6.61 Å². The third-order valence-corrected chi connectivity index (χ3v) is 7.38. The van der Waals surface area contributed by atoms with Gasteiger partial charge < -0.3 is 13.9 Å². The maximum Gasteiger partial charge on any atom is 0.282 e. The molecule has 0 atom stereocenters. The Morgan fingerprint density at radius 2 is 1.77 bits per heavy atom. The van der Waals surface area contributed by atoms with E-state index in [1.54, 1.807) is 54.8 Å². The van der Waals surface area contributed by atoms with Gasteiger partial charge in [-0.05, 0) is 85.1 Å². The molecule has 4 aromatic carbocycles. The van der Waals surface area contributed by atoms with E-state index >= 15 is 0 Å². The van der Waals surface area contributed by atoms with E-state index < -0.39 is 0 Å². The summed E-state index contributed by atoms with van der Waals surface area (Å²) in [5.41, 5.74) is 3.35. The van der Waals surface area contributed by atoms with Crippen LogP contribution >= 0.6 is 23.2 Å². The minimum absolute atomic E-state index is 0.261. The Morgan fingerprint density at radius 1 is 0.977 bits per heavy atom. The Morgan fingerprint density at radius 3 is 2.57 bits per heavy atom. The van der Waals surface area contributed by atoms with Crippen molar-refractivity contribution in [1.29, 1.82) is 0 Å². The van der Waals surface area contributed by atoms with Crippen molar-refractivity contribution < 1.29 is 13.9 Å². The Hall–Kier alpha value is -4.85. The van der Waals surface area contributed by atoms with Gasteiger partial charge in [0.2, 0.25) is 5.82 Å². The molecule has 0 amide bonds. The third kappa shape index (κ3) is 6.11. The van der Waals surface area contributed by atoms with Crippen molar-refractivity contribution in [3.8, 4) is 23.1 Å². The van der Waals surface area contributed by atoms with Gasteiger partial charge in [0.25, 0.3) is 5.56 Å². The number of fused-ring (bicyclic) bond motifs is 2. The van der Waals surface area contributed by atoms with Crippen LogP contribution in [0.5, 0.6) is 11.5 Å². The average Bonchev–Trinajstić information content (AvgIpc) is 3.44. The Kier molecular flexibility index (Phi) is 8.50. The van der Waals surface area contributed by atoms with Gasteiger partial charge >= 0.3 is 0 Å².